The molecule has 40 heavy (non-hydrogen) atoms. The molecule has 6 heteroatoms. The fourth-order valence-corrected chi connectivity index (χ4v) is 12.3. The van der Waals surface area contributed by atoms with Gasteiger partial charge < -0.3 is 9.87 Å². The van der Waals surface area contributed by atoms with E-state index in [1.165, 1.54) is 75.5 Å². The first-order chi connectivity index (χ1) is 19.3. The fourth-order valence-electron chi connectivity index (χ4n) is 10.3. The molecule has 2 amide bonds. The lowest BCUT2D eigenvalue weighted by Gasteiger charge is -2.62. The van der Waals surface area contributed by atoms with Crippen molar-refractivity contribution in [3.63, 3.8) is 0 Å². The van der Waals surface area contributed by atoms with Gasteiger partial charge in [-0.05, 0) is 109 Å². The van der Waals surface area contributed by atoms with E-state index in [4.69, 9.17) is 0 Å². The standard InChI is InChI=1S/C34H48N2O2S2/c1-4-23-22-26-28-14-13-25(33(28,2)20-17-29(26)34(3)19-9-8-12-27(23)34)18-21-35-32(37)36-40(38)31-16-15-30(39-31)24-10-6-5-7-11-24/h5-7,10-11,15-16,23,25-29H,4,8-9,12-14,17-22H2,1-3H3,(H2,35,36,37)/t23-,25+,26+,27?,28-,29-,33?,34?,40?/m0/s1. The van der Waals surface area contributed by atoms with Gasteiger partial charge in [-0.3, -0.25) is 0 Å². The van der Waals surface area contributed by atoms with Gasteiger partial charge in [0.15, 0.2) is 0 Å². The average molecular weight is 581 g/mol. The number of hydrogen-bond donors (Lipinski definition) is 2. The van der Waals surface area contributed by atoms with Crippen molar-refractivity contribution in [2.45, 2.75) is 95.6 Å². The van der Waals surface area contributed by atoms with Crippen molar-refractivity contribution >= 4 is 28.7 Å². The largest absolute Gasteiger partial charge is 0.587 e. The van der Waals surface area contributed by atoms with E-state index in [2.05, 4.69) is 30.8 Å². The topological polar surface area (TPSA) is 64.2 Å². The molecule has 0 saturated heterocycles. The third kappa shape index (κ3) is 5.15. The van der Waals surface area contributed by atoms with E-state index in [-0.39, 0.29) is 6.03 Å². The van der Waals surface area contributed by atoms with Crippen LogP contribution in [-0.4, -0.2) is 17.1 Å². The number of rotatable bonds is 7. The number of benzene rings is 1. The highest BCUT2D eigenvalue weighted by Crippen LogP contribution is 2.69. The lowest BCUT2D eigenvalue weighted by molar-refractivity contribution is -0.135. The molecule has 4 fully saturated rings. The maximum atomic E-state index is 12.8. The maximum absolute atomic E-state index is 12.8. The Morgan fingerprint density at radius 2 is 1.77 bits per heavy atom. The lowest BCUT2D eigenvalue weighted by atomic mass is 9.42. The number of thiophene rings is 1. The van der Waals surface area contributed by atoms with Gasteiger partial charge in [-0.25, -0.2) is 4.79 Å². The van der Waals surface area contributed by atoms with Crippen LogP contribution in [0.1, 0.15) is 91.4 Å². The van der Waals surface area contributed by atoms with Crippen LogP contribution >= 0.6 is 11.3 Å². The van der Waals surface area contributed by atoms with E-state index in [9.17, 15) is 9.35 Å². The lowest BCUT2D eigenvalue weighted by Crippen LogP contribution is -2.55. The van der Waals surface area contributed by atoms with E-state index in [0.29, 0.717) is 27.5 Å². The summed E-state index contributed by atoms with van der Waals surface area (Å²) in [6, 6.07) is 13.6. The molecule has 4 aliphatic rings. The van der Waals surface area contributed by atoms with E-state index in [1.807, 2.05) is 42.5 Å². The molecule has 0 radical (unpaired) electrons. The second-order valence-corrected chi connectivity index (χ2v) is 16.4. The van der Waals surface area contributed by atoms with Crippen molar-refractivity contribution < 1.29 is 9.35 Å². The Morgan fingerprint density at radius 3 is 2.58 bits per heavy atom. The van der Waals surface area contributed by atoms with Crippen molar-refractivity contribution in [2.75, 3.05) is 6.54 Å². The van der Waals surface area contributed by atoms with Crippen molar-refractivity contribution in [3.05, 3.63) is 42.5 Å². The van der Waals surface area contributed by atoms with Gasteiger partial charge in [-0.15, -0.1) is 4.72 Å². The molecule has 0 bridgehead atoms. The molecule has 6 rings (SSSR count). The van der Waals surface area contributed by atoms with Crippen LogP contribution in [0.2, 0.25) is 0 Å². The van der Waals surface area contributed by atoms with Crippen LogP contribution in [0.3, 0.4) is 0 Å². The third-order valence-corrected chi connectivity index (χ3v) is 14.8. The minimum atomic E-state index is -1.55. The molecule has 1 aromatic carbocycles. The van der Waals surface area contributed by atoms with Crippen LogP contribution < -0.4 is 10.0 Å². The van der Waals surface area contributed by atoms with Crippen molar-refractivity contribution in [3.8, 4) is 10.4 Å². The van der Waals surface area contributed by atoms with Gasteiger partial charge in [0.05, 0.1) is 0 Å². The maximum Gasteiger partial charge on any atom is 0.356 e. The summed E-state index contributed by atoms with van der Waals surface area (Å²) in [5, 5.41) is 3.04. The molecule has 2 aromatic rings. The normalized spacial score (nSPS) is 37.6. The minimum Gasteiger partial charge on any atom is -0.587 e. The molecule has 218 valence electrons. The Hall–Kier alpha value is -1.50. The molecular formula is C34H48N2O2S2. The van der Waals surface area contributed by atoms with Gasteiger partial charge in [0.1, 0.15) is 11.4 Å². The third-order valence-electron chi connectivity index (χ3n) is 12.3. The number of nitrogens with one attached hydrogen (secondary N) is 2. The predicted molar refractivity (Wildman–Crippen MR) is 166 cm³/mol. The number of amides is 2. The summed E-state index contributed by atoms with van der Waals surface area (Å²) in [4.78, 5) is 13.7. The Kier molecular flexibility index (Phi) is 8.33. The van der Waals surface area contributed by atoms with Crippen LogP contribution in [0.4, 0.5) is 4.79 Å². The summed E-state index contributed by atoms with van der Waals surface area (Å²) in [6.45, 7) is 8.39. The SMILES string of the molecule is CC[C@H]1C[C@H]2[C@H](CCC3(C)[C@@H](CCNC(=O)N[S+]([O-])c4ccc(-c5ccccc5)s4)CC[C@@H]23)C2(C)CCCCC12. The number of fused-ring (bicyclic) bond motifs is 5. The first-order valence-corrected chi connectivity index (χ1v) is 17.9. The quantitative estimate of drug-likeness (QED) is 0.321. The molecule has 4 saturated carbocycles. The van der Waals surface area contributed by atoms with Crippen molar-refractivity contribution in [2.24, 2.45) is 46.3 Å². The van der Waals surface area contributed by atoms with E-state index in [0.717, 1.165) is 46.5 Å². The van der Waals surface area contributed by atoms with E-state index >= 15 is 0 Å². The zero-order valence-corrected chi connectivity index (χ0v) is 26.3. The predicted octanol–water partition coefficient (Wildman–Crippen LogP) is 8.81. The molecule has 0 spiro atoms. The highest BCUT2D eigenvalue weighted by atomic mass is 32.2. The number of hydrogen-bond acceptors (Lipinski definition) is 3. The smallest absolute Gasteiger partial charge is 0.356 e. The molecule has 9 atom stereocenters. The second-order valence-electron chi connectivity index (χ2n) is 13.9. The molecular weight excluding hydrogens is 533 g/mol. The minimum absolute atomic E-state index is 0.328. The van der Waals surface area contributed by atoms with Gasteiger partial charge in [-0.1, -0.05) is 81.7 Å². The Labute approximate surface area is 248 Å². The number of carbonyl (C=O) groups is 1. The summed E-state index contributed by atoms with van der Waals surface area (Å²) in [5.41, 5.74) is 2.08. The monoisotopic (exact) mass is 580 g/mol. The van der Waals surface area contributed by atoms with Gasteiger partial charge in [0.2, 0.25) is 4.21 Å². The first kappa shape index (κ1) is 28.6. The van der Waals surface area contributed by atoms with Crippen LogP contribution in [0, 0.1) is 46.3 Å². The molecule has 4 aliphatic carbocycles. The molecule has 1 aromatic heterocycles. The zero-order valence-electron chi connectivity index (χ0n) is 24.6. The molecule has 2 N–H and O–H groups in total. The summed E-state index contributed by atoms with van der Waals surface area (Å²) in [7, 11) is 0. The van der Waals surface area contributed by atoms with Crippen LogP contribution in [0.5, 0.6) is 0 Å². The molecule has 0 aliphatic heterocycles. The number of urea groups is 1. The Balaban J connectivity index is 1.03. The van der Waals surface area contributed by atoms with Crippen LogP contribution in [0.15, 0.2) is 46.7 Å². The molecule has 1 heterocycles. The zero-order chi connectivity index (χ0) is 27.9. The van der Waals surface area contributed by atoms with Gasteiger partial charge in [-0.2, -0.15) is 0 Å². The summed E-state index contributed by atoms with van der Waals surface area (Å²) in [6.07, 6.45) is 15.1. The summed E-state index contributed by atoms with van der Waals surface area (Å²) in [5.74, 6) is 5.23. The van der Waals surface area contributed by atoms with Crippen molar-refractivity contribution in [1.29, 1.82) is 0 Å². The molecule has 4 unspecified atom stereocenters. The summed E-state index contributed by atoms with van der Waals surface area (Å²) < 4.78 is 16.2. The van der Waals surface area contributed by atoms with Gasteiger partial charge >= 0.3 is 6.03 Å². The Morgan fingerprint density at radius 1 is 0.975 bits per heavy atom. The molecule has 4 nitrogen and oxygen atoms in total. The van der Waals surface area contributed by atoms with E-state index < -0.39 is 11.4 Å². The van der Waals surface area contributed by atoms with Gasteiger partial charge in [0, 0.05) is 17.5 Å². The highest BCUT2D eigenvalue weighted by Gasteiger charge is 2.60. The van der Waals surface area contributed by atoms with Crippen LogP contribution in [-0.2, 0) is 11.4 Å². The Bertz CT molecular complexity index is 1170. The first-order valence-electron chi connectivity index (χ1n) is 15.9. The second kappa shape index (κ2) is 11.6. The fraction of sp³-hybridized carbons (Fsp3) is 0.676. The highest BCUT2D eigenvalue weighted by molar-refractivity contribution is 7.92. The van der Waals surface area contributed by atoms with Crippen LogP contribution in [0.25, 0.3) is 10.4 Å². The van der Waals surface area contributed by atoms with Gasteiger partial charge in [0.25, 0.3) is 0 Å². The van der Waals surface area contributed by atoms with Crippen molar-refractivity contribution in [1.82, 2.24) is 10.0 Å². The summed E-state index contributed by atoms with van der Waals surface area (Å²) >= 11 is -0.0804. The number of carbonyl (C=O) groups excluding carboxylic acids is 1. The average Bonchev–Trinajstić information content (AvgIpc) is 3.58. The van der Waals surface area contributed by atoms with E-state index in [1.54, 1.807) is 0 Å².